The van der Waals surface area contributed by atoms with Gasteiger partial charge in [-0.25, -0.2) is 5.10 Å². The summed E-state index contributed by atoms with van der Waals surface area (Å²) in [6.07, 6.45) is 0. The molecule has 0 aliphatic heterocycles. The minimum Gasteiger partial charge on any atom is -0.320 e. The molecule has 5 nitrogen and oxygen atoms in total. The van der Waals surface area contributed by atoms with Crippen molar-refractivity contribution in [1.29, 1.82) is 0 Å². The fraction of sp³-hybridized carbons (Fsp3) is 0.0833. The summed E-state index contributed by atoms with van der Waals surface area (Å²) in [5.41, 5.74) is -0.188. The van der Waals surface area contributed by atoms with Crippen molar-refractivity contribution in [3.05, 3.63) is 52.4 Å². The summed E-state index contributed by atoms with van der Waals surface area (Å²) in [6, 6.07) is 8.60. The Kier molecular flexibility index (Phi) is 4.46. The molecule has 2 rings (SSSR count). The number of carbonyl (C=O) groups excluding carboxylic acids is 1. The summed E-state index contributed by atoms with van der Waals surface area (Å²) >= 11 is 0.338. The van der Waals surface area contributed by atoms with Gasteiger partial charge in [0.25, 0.3) is 17.2 Å². The van der Waals surface area contributed by atoms with Crippen molar-refractivity contribution in [3.63, 3.8) is 0 Å². The third-order valence-corrected chi connectivity index (χ3v) is 3.05. The first kappa shape index (κ1) is 14.2. The monoisotopic (exact) mass is 297 g/mol. The molecule has 0 aliphatic carbocycles. The molecular formula is C12H9F2N3O2S. The van der Waals surface area contributed by atoms with Crippen LogP contribution in [-0.4, -0.2) is 21.9 Å². The number of H-pyrrole nitrogens is 1. The molecule has 1 heterocycles. The quantitative estimate of drug-likeness (QED) is 0.849. The Morgan fingerprint density at radius 1 is 1.25 bits per heavy atom. The minimum atomic E-state index is -2.58. The number of carbonyl (C=O) groups is 1. The fourth-order valence-corrected chi connectivity index (χ4v) is 2.02. The Morgan fingerprint density at radius 3 is 2.65 bits per heavy atom. The van der Waals surface area contributed by atoms with E-state index in [9.17, 15) is 18.4 Å². The number of para-hydroxylation sites is 1. The highest BCUT2D eigenvalue weighted by molar-refractivity contribution is 7.99. The number of anilines is 1. The number of nitrogens with one attached hydrogen (secondary N) is 2. The van der Waals surface area contributed by atoms with Crippen molar-refractivity contribution in [2.24, 2.45) is 0 Å². The van der Waals surface area contributed by atoms with Crippen molar-refractivity contribution < 1.29 is 13.6 Å². The maximum absolute atomic E-state index is 12.4. The summed E-state index contributed by atoms with van der Waals surface area (Å²) in [7, 11) is 0. The molecule has 0 atom stereocenters. The number of alkyl halides is 2. The molecular weight excluding hydrogens is 288 g/mol. The van der Waals surface area contributed by atoms with E-state index >= 15 is 0 Å². The van der Waals surface area contributed by atoms with E-state index in [0.29, 0.717) is 11.8 Å². The number of hydrogen-bond acceptors (Lipinski definition) is 4. The van der Waals surface area contributed by atoms with Gasteiger partial charge in [0, 0.05) is 11.0 Å². The van der Waals surface area contributed by atoms with Gasteiger partial charge in [0.1, 0.15) is 5.69 Å². The van der Waals surface area contributed by atoms with Crippen LogP contribution in [0, 0.1) is 0 Å². The minimum absolute atomic E-state index is 0.0125. The first-order valence-corrected chi connectivity index (χ1v) is 6.35. The van der Waals surface area contributed by atoms with E-state index < -0.39 is 17.2 Å². The van der Waals surface area contributed by atoms with E-state index in [-0.39, 0.29) is 16.3 Å². The van der Waals surface area contributed by atoms with Gasteiger partial charge >= 0.3 is 0 Å². The highest BCUT2D eigenvalue weighted by Crippen LogP contribution is 2.31. The summed E-state index contributed by atoms with van der Waals surface area (Å²) in [5, 5.41) is 8.16. The van der Waals surface area contributed by atoms with Gasteiger partial charge in [0.2, 0.25) is 0 Å². The van der Waals surface area contributed by atoms with E-state index in [1.165, 1.54) is 18.2 Å². The number of thioether (sulfide) groups is 1. The number of nitrogens with zero attached hydrogens (tertiary/aromatic N) is 1. The molecule has 1 amide bonds. The molecule has 0 unspecified atom stereocenters. The van der Waals surface area contributed by atoms with Crippen LogP contribution in [0.3, 0.4) is 0 Å². The Labute approximate surface area is 116 Å². The van der Waals surface area contributed by atoms with E-state index in [1.54, 1.807) is 12.1 Å². The number of hydrogen-bond donors (Lipinski definition) is 2. The number of amides is 1. The third-order valence-electron chi connectivity index (χ3n) is 2.26. The molecule has 20 heavy (non-hydrogen) atoms. The van der Waals surface area contributed by atoms with Crippen LogP contribution in [0.15, 0.2) is 46.1 Å². The molecule has 8 heteroatoms. The zero-order valence-corrected chi connectivity index (χ0v) is 10.8. The molecule has 2 aromatic rings. The average molecular weight is 297 g/mol. The second-order valence-corrected chi connectivity index (χ2v) is 4.67. The highest BCUT2D eigenvalue weighted by atomic mass is 32.2. The molecule has 0 radical (unpaired) electrons. The van der Waals surface area contributed by atoms with Crippen molar-refractivity contribution in [1.82, 2.24) is 10.2 Å². The predicted molar refractivity (Wildman–Crippen MR) is 71.1 cm³/mol. The van der Waals surface area contributed by atoms with Crippen molar-refractivity contribution in [3.8, 4) is 0 Å². The fourth-order valence-electron chi connectivity index (χ4n) is 1.43. The van der Waals surface area contributed by atoms with Gasteiger partial charge in [0.05, 0.1) is 5.69 Å². The average Bonchev–Trinajstić information content (AvgIpc) is 2.41. The van der Waals surface area contributed by atoms with Gasteiger partial charge in [0.15, 0.2) is 0 Å². The van der Waals surface area contributed by atoms with E-state index in [0.717, 1.165) is 6.07 Å². The van der Waals surface area contributed by atoms with Gasteiger partial charge in [-0.1, -0.05) is 23.9 Å². The van der Waals surface area contributed by atoms with Crippen molar-refractivity contribution in [2.45, 2.75) is 10.7 Å². The molecule has 104 valence electrons. The zero-order valence-electron chi connectivity index (χ0n) is 9.97. The SMILES string of the molecule is O=C(Nc1ccccc1SC(F)F)c1ccc(=O)[nH]n1. The molecule has 1 aromatic heterocycles. The lowest BCUT2D eigenvalue weighted by molar-refractivity contribution is 0.102. The number of rotatable bonds is 4. The second-order valence-electron chi connectivity index (χ2n) is 3.64. The van der Waals surface area contributed by atoms with Crippen molar-refractivity contribution >= 4 is 23.4 Å². The Bertz CT molecular complexity index is 655. The molecule has 0 saturated heterocycles. The Balaban J connectivity index is 2.19. The van der Waals surface area contributed by atoms with Crippen LogP contribution in [0.5, 0.6) is 0 Å². The summed E-state index contributed by atoms with van der Waals surface area (Å²) in [4.78, 5) is 23.0. The van der Waals surface area contributed by atoms with Gasteiger partial charge < -0.3 is 5.32 Å². The molecule has 0 aliphatic rings. The van der Waals surface area contributed by atoms with E-state index in [1.807, 2.05) is 0 Å². The van der Waals surface area contributed by atoms with Gasteiger partial charge in [-0.05, 0) is 18.2 Å². The maximum atomic E-state index is 12.4. The molecule has 1 aromatic carbocycles. The van der Waals surface area contributed by atoms with Crippen LogP contribution in [0.1, 0.15) is 10.5 Å². The Morgan fingerprint density at radius 2 is 2.00 bits per heavy atom. The summed E-state index contributed by atoms with van der Waals surface area (Å²) in [5.74, 6) is -3.18. The number of aromatic nitrogens is 2. The smallest absolute Gasteiger partial charge is 0.288 e. The maximum Gasteiger partial charge on any atom is 0.288 e. The van der Waals surface area contributed by atoms with Gasteiger partial charge in [-0.2, -0.15) is 13.9 Å². The lowest BCUT2D eigenvalue weighted by atomic mass is 10.3. The molecule has 2 N–H and O–H groups in total. The highest BCUT2D eigenvalue weighted by Gasteiger charge is 2.13. The van der Waals surface area contributed by atoms with Crippen LogP contribution in [0.4, 0.5) is 14.5 Å². The molecule has 0 bridgehead atoms. The normalized spacial score (nSPS) is 10.6. The molecule has 0 saturated carbocycles. The van der Waals surface area contributed by atoms with Crippen LogP contribution in [0.2, 0.25) is 0 Å². The van der Waals surface area contributed by atoms with E-state index in [2.05, 4.69) is 15.5 Å². The standard InChI is InChI=1S/C12H9F2N3O2S/c13-12(14)20-9-4-2-1-3-7(9)15-11(19)8-5-6-10(18)17-16-8/h1-6,12H,(H,15,19)(H,17,18). The first-order valence-electron chi connectivity index (χ1n) is 5.47. The van der Waals surface area contributed by atoms with Crippen LogP contribution in [-0.2, 0) is 0 Å². The number of benzene rings is 1. The number of halogens is 2. The third kappa shape index (κ3) is 3.64. The number of aromatic amines is 1. The lowest BCUT2D eigenvalue weighted by Gasteiger charge is -2.09. The molecule has 0 fully saturated rings. The van der Waals surface area contributed by atoms with Gasteiger partial charge in [-0.3, -0.25) is 9.59 Å². The summed E-state index contributed by atoms with van der Waals surface area (Å²) < 4.78 is 24.8. The van der Waals surface area contributed by atoms with Crippen LogP contribution < -0.4 is 10.9 Å². The van der Waals surface area contributed by atoms with Gasteiger partial charge in [-0.15, -0.1) is 0 Å². The van der Waals surface area contributed by atoms with Crippen molar-refractivity contribution in [2.75, 3.05) is 5.32 Å². The largest absolute Gasteiger partial charge is 0.320 e. The Hall–Kier alpha value is -2.22. The van der Waals surface area contributed by atoms with Crippen LogP contribution >= 0.6 is 11.8 Å². The lowest BCUT2D eigenvalue weighted by Crippen LogP contribution is -2.17. The predicted octanol–water partition coefficient (Wildman–Crippen LogP) is 2.34. The summed E-state index contributed by atoms with van der Waals surface area (Å²) in [6.45, 7) is 0. The molecule has 0 spiro atoms. The first-order chi connectivity index (χ1) is 9.56. The second kappa shape index (κ2) is 6.29. The van der Waals surface area contributed by atoms with E-state index in [4.69, 9.17) is 0 Å². The topological polar surface area (TPSA) is 74.8 Å². The van der Waals surface area contributed by atoms with Crippen LogP contribution in [0.25, 0.3) is 0 Å². The zero-order chi connectivity index (χ0) is 14.5.